The summed E-state index contributed by atoms with van der Waals surface area (Å²) in [6, 6.07) is 22.3. The molecule has 0 amide bonds. The zero-order chi connectivity index (χ0) is 23.8. The molecule has 4 heteroatoms. The van der Waals surface area contributed by atoms with E-state index in [0.717, 1.165) is 5.92 Å². The molecule has 0 nitrogen and oxygen atoms in total. The van der Waals surface area contributed by atoms with Gasteiger partial charge in [0.15, 0.2) is 0 Å². The number of hydrogen-bond acceptors (Lipinski definition) is 0. The number of allylic oxidation sites excluding steroid dienone is 4. The fraction of sp³-hybridized carbons (Fsp3) is 0.364. The smallest absolute Gasteiger partial charge is 0.0279 e. The van der Waals surface area contributed by atoms with Crippen LogP contribution >= 0.6 is 24.8 Å². The number of halogens is 2. The molecule has 3 aromatic rings. The van der Waals surface area contributed by atoms with Crippen molar-refractivity contribution < 1.29 is 23.3 Å². The van der Waals surface area contributed by atoms with Crippen LogP contribution in [0.4, 0.5) is 0 Å². The monoisotopic (exact) mass is 628 g/mol. The first kappa shape index (κ1) is 38.4. The largest absolute Gasteiger partial charge is 0.164 e. The molecule has 0 aliphatic heterocycles. The summed E-state index contributed by atoms with van der Waals surface area (Å²) >= 11 is 1.36. The summed E-state index contributed by atoms with van der Waals surface area (Å²) in [4.78, 5) is 0. The summed E-state index contributed by atoms with van der Waals surface area (Å²) in [6.45, 7) is 11.7. The summed E-state index contributed by atoms with van der Waals surface area (Å²) in [5.74, 6) is 1.47. The van der Waals surface area contributed by atoms with E-state index in [2.05, 4.69) is 101 Å². The predicted octanol–water partition coefficient (Wildman–Crippen LogP) is 10.4. The van der Waals surface area contributed by atoms with Gasteiger partial charge in [0, 0.05) is 0 Å². The van der Waals surface area contributed by atoms with Crippen molar-refractivity contribution in [3.05, 3.63) is 104 Å². The van der Waals surface area contributed by atoms with Crippen LogP contribution in [0.25, 0.3) is 21.9 Å². The van der Waals surface area contributed by atoms with Crippen molar-refractivity contribution in [2.24, 2.45) is 11.8 Å². The minimum absolute atomic E-state index is 0. The van der Waals surface area contributed by atoms with Crippen LogP contribution in [0.5, 0.6) is 0 Å². The number of fused-ring (bicyclic) bond motifs is 1. The molecule has 1 fully saturated rings. The number of rotatable bonds is 3. The van der Waals surface area contributed by atoms with E-state index < -0.39 is 0 Å². The summed E-state index contributed by atoms with van der Waals surface area (Å²) in [6.07, 6.45) is 11.8. The maximum Gasteiger partial charge on any atom is -0.0279 e. The average molecular weight is 631 g/mol. The molecule has 0 aromatic heterocycles. The molecule has 5 rings (SSSR count). The van der Waals surface area contributed by atoms with Crippen LogP contribution in [-0.4, -0.2) is 6.88 Å². The van der Waals surface area contributed by atoms with E-state index >= 15 is 0 Å². The molecule has 3 aromatic carbocycles. The van der Waals surface area contributed by atoms with E-state index in [1.54, 1.807) is 0 Å². The van der Waals surface area contributed by atoms with Crippen molar-refractivity contribution in [1.82, 2.24) is 0 Å². The first-order valence-electron chi connectivity index (χ1n) is 12.3. The summed E-state index contributed by atoms with van der Waals surface area (Å²) in [5.41, 5.74) is 8.47. The van der Waals surface area contributed by atoms with Gasteiger partial charge >= 0.3 is 30.2 Å². The Morgan fingerprint density at radius 3 is 2.03 bits per heavy atom. The van der Waals surface area contributed by atoms with Gasteiger partial charge in [-0.25, -0.2) is 5.57 Å². The third kappa shape index (κ3) is 10.4. The minimum atomic E-state index is 0. The zero-order valence-electron chi connectivity index (χ0n) is 23.5. The Morgan fingerprint density at radius 2 is 1.51 bits per heavy atom. The second kappa shape index (κ2) is 19.3. The molecular weight excluding hydrogens is 587 g/mol. The maximum atomic E-state index is 3.36. The first-order chi connectivity index (χ1) is 16.0. The van der Waals surface area contributed by atoms with Crippen LogP contribution in [0.2, 0.25) is 0 Å². The normalized spacial score (nSPS) is 16.3. The van der Waals surface area contributed by atoms with Crippen molar-refractivity contribution in [1.29, 1.82) is 0 Å². The Hall–Kier alpha value is -0.790. The Balaban J connectivity index is 0. The van der Waals surface area contributed by atoms with Gasteiger partial charge < -0.3 is 14.9 Å². The summed E-state index contributed by atoms with van der Waals surface area (Å²) in [5, 5.41) is 2.81. The van der Waals surface area contributed by atoms with E-state index in [4.69, 9.17) is 0 Å². The molecule has 0 N–H and O–H groups in total. The molecule has 2 radical (unpaired) electrons. The third-order valence-electron chi connectivity index (χ3n) is 7.38. The maximum absolute atomic E-state index is 3.36. The van der Waals surface area contributed by atoms with Crippen LogP contribution < -0.4 is 0 Å². The second-order valence-corrected chi connectivity index (χ2v) is 9.55. The fourth-order valence-electron chi connectivity index (χ4n) is 5.17. The molecule has 1 saturated carbocycles. The molecule has 1 unspecified atom stereocenters. The summed E-state index contributed by atoms with van der Waals surface area (Å²) < 4.78 is 0. The van der Waals surface area contributed by atoms with Gasteiger partial charge in [-0.15, -0.1) is 66.3 Å². The van der Waals surface area contributed by atoms with Gasteiger partial charge in [0.1, 0.15) is 0 Å². The standard InChI is InChI=1S/C22H23.C9H13.2CH3.2ClH.Si.Zr/c1-3-8-17(9-4-1)14-18-15-20-12-7-13-21(22(20)16-18)19-10-5-2-6-11-19;1-6-5-7(2)9(4)8(6)3;;;;;;/h2,5-7,10-13,15-17H,1,3-4,8-9,14H2;6H,1-4H3;2*1H3;2*1H;;/q4*-1;;;;. The molecule has 1 atom stereocenters. The van der Waals surface area contributed by atoms with E-state index in [9.17, 15) is 0 Å². The molecular formula is C33H44Cl2SiZr-4. The fourth-order valence-corrected chi connectivity index (χ4v) is 5.17. The molecule has 37 heavy (non-hydrogen) atoms. The number of hydrogen-bond donors (Lipinski definition) is 0. The topological polar surface area (TPSA) is 0 Å². The van der Waals surface area contributed by atoms with E-state index in [1.165, 1.54) is 106 Å². The van der Waals surface area contributed by atoms with Crippen LogP contribution in [0.3, 0.4) is 0 Å². The molecule has 0 spiro atoms. The van der Waals surface area contributed by atoms with E-state index in [1.807, 2.05) is 0 Å². The average Bonchev–Trinajstić information content (AvgIpc) is 3.37. The molecule has 202 valence electrons. The Kier molecular flexibility index (Phi) is 20.0. The Labute approximate surface area is 257 Å². The quantitative estimate of drug-likeness (QED) is 0.200. The third-order valence-corrected chi connectivity index (χ3v) is 7.38. The van der Waals surface area contributed by atoms with E-state index in [-0.39, 0.29) is 39.7 Å². The van der Waals surface area contributed by atoms with E-state index in [0.29, 0.717) is 5.92 Å². The van der Waals surface area contributed by atoms with Crippen LogP contribution in [0.15, 0.2) is 77.4 Å². The minimum Gasteiger partial charge on any atom is -0.164 e. The Bertz CT molecular complexity index is 1110. The van der Waals surface area contributed by atoms with Crippen molar-refractivity contribution in [3.8, 4) is 11.1 Å². The van der Waals surface area contributed by atoms with Gasteiger partial charge in [-0.2, -0.15) is 17.2 Å². The van der Waals surface area contributed by atoms with Crippen molar-refractivity contribution in [3.63, 3.8) is 0 Å². The molecule has 2 aliphatic rings. The van der Waals surface area contributed by atoms with Crippen LogP contribution in [0.1, 0.15) is 65.4 Å². The van der Waals surface area contributed by atoms with Crippen molar-refractivity contribution in [2.75, 3.05) is 0 Å². The van der Waals surface area contributed by atoms with Gasteiger partial charge in [-0.1, -0.05) is 101 Å². The van der Waals surface area contributed by atoms with Gasteiger partial charge in [0.25, 0.3) is 0 Å². The SMILES string of the molecule is CC1=[C-]C(C)C(C)=C1C.Cl.Cl.[CH3-].[CH3-].[Si]=[Zr].c1ccc(-c2cccc3[cH-]c(CC4CCCCC4)cc23)cc1. The van der Waals surface area contributed by atoms with Crippen LogP contribution in [-0.2, 0) is 29.8 Å². The Morgan fingerprint density at radius 1 is 0.892 bits per heavy atom. The van der Waals surface area contributed by atoms with Crippen molar-refractivity contribution >= 4 is 42.5 Å². The predicted molar refractivity (Wildman–Crippen MR) is 168 cm³/mol. The van der Waals surface area contributed by atoms with Gasteiger partial charge in [0.2, 0.25) is 0 Å². The van der Waals surface area contributed by atoms with Crippen molar-refractivity contribution in [2.45, 2.75) is 66.2 Å². The zero-order valence-corrected chi connectivity index (χ0v) is 28.6. The van der Waals surface area contributed by atoms with Gasteiger partial charge in [0.05, 0.1) is 0 Å². The molecule has 2 aliphatic carbocycles. The number of benzene rings is 2. The van der Waals surface area contributed by atoms with Crippen LogP contribution in [0, 0.1) is 32.8 Å². The summed E-state index contributed by atoms with van der Waals surface area (Å²) in [7, 11) is 0. The van der Waals surface area contributed by atoms with Gasteiger partial charge in [-0.05, 0) is 17.9 Å². The molecule has 0 saturated heterocycles. The molecule has 0 heterocycles. The first-order valence-corrected chi connectivity index (χ1v) is 16.5. The second-order valence-electron chi connectivity index (χ2n) is 9.55. The molecule has 0 bridgehead atoms. The van der Waals surface area contributed by atoms with Gasteiger partial charge in [-0.3, -0.25) is 6.08 Å².